The Labute approximate surface area is 274 Å². The molecule has 17 N–H and O–H groups in total. The third-order valence-corrected chi connectivity index (χ3v) is 7.87. The van der Waals surface area contributed by atoms with E-state index in [1.807, 2.05) is 0 Å². The third kappa shape index (κ3) is 11.6. The Balaban J connectivity index is 0.000000403. The maximum absolute atomic E-state index is 10.2. The molecule has 3 heterocycles. The van der Waals surface area contributed by atoms with Gasteiger partial charge in [-0.15, -0.1) is 0 Å². The van der Waals surface area contributed by atoms with Gasteiger partial charge in [-0.3, -0.25) is 0 Å². The van der Waals surface area contributed by atoms with Gasteiger partial charge >= 0.3 is 0 Å². The number of ether oxygens (including phenoxy) is 5. The van der Waals surface area contributed by atoms with Gasteiger partial charge in [0.15, 0.2) is 12.6 Å². The van der Waals surface area contributed by atoms with Crippen molar-refractivity contribution >= 4 is 0 Å². The lowest BCUT2D eigenvalue weighted by Gasteiger charge is -2.46. The van der Waals surface area contributed by atoms with E-state index >= 15 is 0 Å². The summed E-state index contributed by atoms with van der Waals surface area (Å²) in [5, 5.41) is 156. The van der Waals surface area contributed by atoms with Crippen LogP contribution < -0.4 is 0 Å². The van der Waals surface area contributed by atoms with Gasteiger partial charge in [0.1, 0.15) is 97.7 Å². The molecule has 3 saturated heterocycles. The van der Waals surface area contributed by atoms with Crippen molar-refractivity contribution in [1.29, 1.82) is 0 Å². The predicted molar refractivity (Wildman–Crippen MR) is 151 cm³/mol. The molecule has 0 amide bonds. The molecule has 0 bridgehead atoms. The number of hydrogen-bond acceptors (Lipinski definition) is 22. The van der Waals surface area contributed by atoms with Crippen molar-refractivity contribution in [2.45, 2.75) is 123 Å². The van der Waals surface area contributed by atoms with Crippen molar-refractivity contribution in [1.82, 2.24) is 0 Å². The molecule has 0 aromatic heterocycles. The molecule has 0 spiro atoms. The monoisotopic (exact) mass is 716 g/mol. The van der Waals surface area contributed by atoms with Crippen LogP contribution in [0.25, 0.3) is 0 Å². The quantitative estimate of drug-likeness (QED) is 0.0943. The highest BCUT2D eigenvalue weighted by molar-refractivity contribution is 4.95. The van der Waals surface area contributed by atoms with E-state index < -0.39 is 149 Å². The molecule has 3 fully saturated rings. The van der Waals surface area contributed by atoms with Crippen molar-refractivity contribution in [3.8, 4) is 0 Å². The smallest absolute Gasteiger partial charge is 0.187 e. The molecule has 0 aromatic rings. The predicted octanol–water partition coefficient (Wildman–Crippen LogP) is -10.5. The van der Waals surface area contributed by atoms with Crippen LogP contribution in [0.5, 0.6) is 0 Å². The van der Waals surface area contributed by atoms with E-state index in [1.165, 1.54) is 14.0 Å². The Bertz CT molecular complexity index is 833. The second-order valence-electron chi connectivity index (χ2n) is 11.3. The minimum Gasteiger partial charge on any atom is -0.394 e. The normalized spacial score (nSPS) is 42.7. The number of rotatable bonds is 11. The lowest BCUT2D eigenvalue weighted by molar-refractivity contribution is -0.343. The van der Waals surface area contributed by atoms with Crippen LogP contribution in [-0.2, 0) is 23.7 Å². The summed E-state index contributed by atoms with van der Waals surface area (Å²) in [5.74, 6) is 0. The molecular weight excluding hydrogens is 664 g/mol. The molecule has 48 heavy (non-hydrogen) atoms. The number of aliphatic hydroxyl groups is 17. The maximum Gasteiger partial charge on any atom is 0.187 e. The van der Waals surface area contributed by atoms with E-state index in [0.29, 0.717) is 0 Å². The minimum atomic E-state index is -1.67. The fourth-order valence-electron chi connectivity index (χ4n) is 4.80. The summed E-state index contributed by atoms with van der Waals surface area (Å²) >= 11 is 0. The van der Waals surface area contributed by atoms with Crippen molar-refractivity contribution in [2.75, 3.05) is 40.1 Å². The first-order valence-corrected chi connectivity index (χ1v) is 14.8. The Kier molecular flexibility index (Phi) is 20.2. The van der Waals surface area contributed by atoms with E-state index in [1.54, 1.807) is 0 Å². The fourth-order valence-corrected chi connectivity index (χ4v) is 4.80. The van der Waals surface area contributed by atoms with Gasteiger partial charge in [0.05, 0.1) is 39.1 Å². The first kappa shape index (κ1) is 45.1. The van der Waals surface area contributed by atoms with Gasteiger partial charge in [0.25, 0.3) is 0 Å². The Morgan fingerprint density at radius 1 is 0.521 bits per heavy atom. The topological polar surface area (TPSA) is 390 Å². The molecule has 19 atom stereocenters. The molecule has 22 heteroatoms. The lowest BCUT2D eigenvalue weighted by Crippen LogP contribution is -2.64. The molecule has 288 valence electrons. The highest BCUT2D eigenvalue weighted by Gasteiger charge is 2.50. The van der Waals surface area contributed by atoms with E-state index in [4.69, 9.17) is 75.1 Å². The fraction of sp³-hybridized carbons (Fsp3) is 1.00. The molecule has 0 aliphatic carbocycles. The van der Waals surface area contributed by atoms with Gasteiger partial charge in [0, 0.05) is 7.11 Å². The number of methoxy groups -OCH3 is 1. The van der Waals surface area contributed by atoms with Crippen LogP contribution >= 0.6 is 0 Å². The standard InChI is InChI=1S/C14H26O10.C6H12O6.C6H14O6/c1-5-8(17)9(18)13(7(4-16)22-5)24-14-11(20)10(19)12(21-2)6(3-15)23-14;7-1-2-3(8)4(9)5(10)6(11)12-2;7-1-3(9)5(11)6(12)4(10)2-8/h5-20H,3-4H2,1-2H3;2-11H,1H2;3-12H,1-2H2/t;;3-,4+,5-,6-/m..1/s1. The van der Waals surface area contributed by atoms with E-state index in [0.717, 1.165) is 0 Å². The van der Waals surface area contributed by atoms with Gasteiger partial charge in [-0.25, -0.2) is 0 Å². The van der Waals surface area contributed by atoms with Crippen molar-refractivity contribution in [3.05, 3.63) is 0 Å². The second-order valence-corrected chi connectivity index (χ2v) is 11.3. The van der Waals surface area contributed by atoms with Crippen LogP contribution in [0.3, 0.4) is 0 Å². The molecule has 0 aromatic carbocycles. The molecule has 3 aliphatic rings. The summed E-state index contributed by atoms with van der Waals surface area (Å²) in [4.78, 5) is 0. The summed E-state index contributed by atoms with van der Waals surface area (Å²) < 4.78 is 25.8. The van der Waals surface area contributed by atoms with Crippen molar-refractivity contribution in [2.24, 2.45) is 0 Å². The zero-order valence-corrected chi connectivity index (χ0v) is 26.1. The van der Waals surface area contributed by atoms with Gasteiger partial charge in [-0.1, -0.05) is 0 Å². The molecule has 22 nitrogen and oxygen atoms in total. The molecular formula is C26H52O22. The molecule has 15 unspecified atom stereocenters. The Morgan fingerprint density at radius 3 is 1.42 bits per heavy atom. The van der Waals surface area contributed by atoms with Gasteiger partial charge < -0.3 is 110 Å². The second kappa shape index (κ2) is 21.5. The molecule has 3 aliphatic heterocycles. The van der Waals surface area contributed by atoms with Gasteiger partial charge in [-0.2, -0.15) is 0 Å². The van der Waals surface area contributed by atoms with Crippen LogP contribution in [0.1, 0.15) is 6.92 Å². The Morgan fingerprint density at radius 2 is 0.979 bits per heavy atom. The van der Waals surface area contributed by atoms with Crippen molar-refractivity contribution < 1.29 is 110 Å². The molecule has 0 saturated carbocycles. The SMILES string of the molecule is COC1C(CO)OC(OC2C(CO)OC(C)C(O)C2O)C(O)C1O.OCC1OC(O)C(O)C(O)C1O.OC[C@@H](O)[C@@H](O)[C@H](O)[C@@H](O)CO. The maximum atomic E-state index is 10.2. The highest BCUT2D eigenvalue weighted by atomic mass is 16.7. The summed E-state index contributed by atoms with van der Waals surface area (Å²) in [6, 6.07) is 0. The van der Waals surface area contributed by atoms with Gasteiger partial charge in [0.2, 0.25) is 0 Å². The Hall–Kier alpha value is -0.880. The van der Waals surface area contributed by atoms with E-state index in [2.05, 4.69) is 4.74 Å². The van der Waals surface area contributed by atoms with Crippen molar-refractivity contribution in [3.63, 3.8) is 0 Å². The van der Waals surface area contributed by atoms with Crippen LogP contribution in [-0.4, -0.2) is 243 Å². The number of aliphatic hydroxyl groups excluding tert-OH is 17. The summed E-state index contributed by atoms with van der Waals surface area (Å²) in [6.45, 7) is -1.43. The summed E-state index contributed by atoms with van der Waals surface area (Å²) in [6.07, 6.45) is -25.2. The van der Waals surface area contributed by atoms with E-state index in [9.17, 15) is 30.6 Å². The van der Waals surface area contributed by atoms with Crippen LogP contribution in [0.2, 0.25) is 0 Å². The molecule has 0 radical (unpaired) electrons. The zero-order chi connectivity index (χ0) is 37.0. The third-order valence-electron chi connectivity index (χ3n) is 7.87. The first-order valence-electron chi connectivity index (χ1n) is 14.8. The first-order chi connectivity index (χ1) is 22.5. The summed E-state index contributed by atoms with van der Waals surface area (Å²) in [7, 11) is 1.30. The highest BCUT2D eigenvalue weighted by Crippen LogP contribution is 2.29. The van der Waals surface area contributed by atoms with Crippen LogP contribution in [0.4, 0.5) is 0 Å². The lowest BCUT2D eigenvalue weighted by atomic mass is 9.95. The number of hydrogen-bond donors (Lipinski definition) is 17. The largest absolute Gasteiger partial charge is 0.394 e. The molecule has 3 rings (SSSR count). The van der Waals surface area contributed by atoms with Gasteiger partial charge in [-0.05, 0) is 6.92 Å². The van der Waals surface area contributed by atoms with Crippen LogP contribution in [0.15, 0.2) is 0 Å². The average Bonchev–Trinajstić information content (AvgIpc) is 3.09. The van der Waals surface area contributed by atoms with Crippen LogP contribution in [0, 0.1) is 0 Å². The zero-order valence-electron chi connectivity index (χ0n) is 26.1. The average molecular weight is 717 g/mol. The minimum absolute atomic E-state index is 0.491. The summed E-state index contributed by atoms with van der Waals surface area (Å²) in [5.41, 5.74) is 0. The van der Waals surface area contributed by atoms with E-state index in [-0.39, 0.29) is 0 Å².